The van der Waals surface area contributed by atoms with Crippen LogP contribution in [0, 0.1) is 0 Å². The van der Waals surface area contributed by atoms with Crippen molar-refractivity contribution in [2.45, 2.75) is 6.54 Å². The van der Waals surface area contributed by atoms with Gasteiger partial charge in [0, 0.05) is 16.2 Å². The number of rotatable bonds is 5. The van der Waals surface area contributed by atoms with Crippen LogP contribution in [0.15, 0.2) is 65.6 Å². The van der Waals surface area contributed by atoms with Crippen LogP contribution in [-0.4, -0.2) is 23.6 Å². The van der Waals surface area contributed by atoms with Gasteiger partial charge in [-0.2, -0.15) is 0 Å². The van der Waals surface area contributed by atoms with Crippen molar-refractivity contribution in [3.8, 4) is 0 Å². The number of benzene rings is 2. The van der Waals surface area contributed by atoms with Crippen LogP contribution in [0.5, 0.6) is 0 Å². The third kappa shape index (κ3) is 4.67. The number of ether oxygens (including phenoxy) is 1. The first-order valence-corrected chi connectivity index (χ1v) is 9.28. The second-order valence-electron chi connectivity index (χ2n) is 6.08. The number of amides is 1. The molecule has 2 aromatic carbocycles. The average molecular weight is 431 g/mol. The highest BCUT2D eigenvalue weighted by atomic mass is 35.5. The summed E-state index contributed by atoms with van der Waals surface area (Å²) in [5.41, 5.74) is 0.558. The van der Waals surface area contributed by atoms with Crippen molar-refractivity contribution in [3.05, 3.63) is 97.9 Å². The first-order chi connectivity index (χ1) is 13.9. The number of aromatic nitrogens is 1. The first-order valence-electron chi connectivity index (χ1n) is 8.53. The molecule has 0 saturated heterocycles. The fraction of sp³-hybridized carbons (Fsp3) is 0.0952. The number of hydrogen-bond donors (Lipinski definition) is 1. The van der Waals surface area contributed by atoms with Gasteiger partial charge in [-0.1, -0.05) is 41.4 Å². The number of carbonyl (C=O) groups excluding carboxylic acids is 2. The second kappa shape index (κ2) is 8.94. The molecule has 8 heteroatoms. The minimum absolute atomic E-state index is 0.0720. The Balaban J connectivity index is 1.89. The van der Waals surface area contributed by atoms with Crippen molar-refractivity contribution in [1.82, 2.24) is 4.57 Å². The van der Waals surface area contributed by atoms with Gasteiger partial charge in [-0.25, -0.2) is 4.79 Å². The molecule has 29 heavy (non-hydrogen) atoms. The van der Waals surface area contributed by atoms with Gasteiger partial charge in [0.15, 0.2) is 0 Å². The molecule has 3 rings (SSSR count). The van der Waals surface area contributed by atoms with Crippen molar-refractivity contribution >= 4 is 40.8 Å². The fourth-order valence-corrected chi connectivity index (χ4v) is 3.21. The SMILES string of the molecule is COC(=O)c1ccccc1NC(=O)c1cccn(Cc2ccc(Cl)cc2Cl)c1=O. The Bertz CT molecular complexity index is 1140. The number of nitrogens with one attached hydrogen (secondary N) is 1. The smallest absolute Gasteiger partial charge is 0.339 e. The van der Waals surface area contributed by atoms with E-state index in [9.17, 15) is 14.4 Å². The maximum atomic E-state index is 12.8. The minimum atomic E-state index is -0.636. The van der Waals surface area contributed by atoms with E-state index in [1.165, 1.54) is 23.8 Å². The lowest BCUT2D eigenvalue weighted by Gasteiger charge is -2.11. The Hall–Kier alpha value is -3.09. The predicted molar refractivity (Wildman–Crippen MR) is 112 cm³/mol. The summed E-state index contributed by atoms with van der Waals surface area (Å²) in [6, 6.07) is 14.4. The minimum Gasteiger partial charge on any atom is -0.465 e. The number of esters is 1. The summed E-state index contributed by atoms with van der Waals surface area (Å²) in [5, 5.41) is 3.51. The Morgan fingerprint density at radius 1 is 1.03 bits per heavy atom. The summed E-state index contributed by atoms with van der Waals surface area (Å²) in [7, 11) is 1.25. The Labute approximate surface area is 176 Å². The molecule has 0 atom stereocenters. The maximum absolute atomic E-state index is 12.8. The molecule has 1 heterocycles. The number of carbonyl (C=O) groups is 2. The summed E-state index contributed by atoms with van der Waals surface area (Å²) >= 11 is 12.1. The van der Waals surface area contributed by atoms with Gasteiger partial charge in [0.2, 0.25) is 0 Å². The van der Waals surface area contributed by atoms with E-state index in [-0.39, 0.29) is 23.4 Å². The highest BCUT2D eigenvalue weighted by molar-refractivity contribution is 6.35. The zero-order valence-corrected chi connectivity index (χ0v) is 16.8. The normalized spacial score (nSPS) is 10.4. The number of nitrogens with zero attached hydrogens (tertiary/aromatic N) is 1. The molecule has 6 nitrogen and oxygen atoms in total. The van der Waals surface area contributed by atoms with E-state index in [4.69, 9.17) is 27.9 Å². The predicted octanol–water partition coefficient (Wildman–Crippen LogP) is 4.24. The first kappa shape index (κ1) is 20.6. The van der Waals surface area contributed by atoms with Crippen molar-refractivity contribution < 1.29 is 14.3 Å². The van der Waals surface area contributed by atoms with E-state index in [0.29, 0.717) is 15.6 Å². The van der Waals surface area contributed by atoms with Gasteiger partial charge in [-0.05, 0) is 42.0 Å². The lowest BCUT2D eigenvalue weighted by atomic mass is 10.1. The van der Waals surface area contributed by atoms with E-state index >= 15 is 0 Å². The van der Waals surface area contributed by atoms with Crippen LogP contribution in [0.1, 0.15) is 26.3 Å². The van der Waals surface area contributed by atoms with Crippen molar-refractivity contribution in [2.75, 3.05) is 12.4 Å². The van der Waals surface area contributed by atoms with Crippen LogP contribution in [0.2, 0.25) is 10.0 Å². The van der Waals surface area contributed by atoms with Crippen LogP contribution in [0.25, 0.3) is 0 Å². The molecule has 1 amide bonds. The van der Waals surface area contributed by atoms with E-state index in [1.807, 2.05) is 0 Å². The molecular formula is C21H16Cl2N2O4. The lowest BCUT2D eigenvalue weighted by Crippen LogP contribution is -2.29. The third-order valence-corrected chi connectivity index (χ3v) is 4.79. The van der Waals surface area contributed by atoms with E-state index in [1.54, 1.807) is 48.7 Å². The van der Waals surface area contributed by atoms with Gasteiger partial charge in [-0.15, -0.1) is 0 Å². The van der Waals surface area contributed by atoms with Crippen molar-refractivity contribution in [1.29, 1.82) is 0 Å². The Kier molecular flexibility index (Phi) is 6.36. The number of pyridine rings is 1. The maximum Gasteiger partial charge on any atom is 0.339 e. The molecular weight excluding hydrogens is 415 g/mol. The third-order valence-electron chi connectivity index (χ3n) is 4.20. The molecule has 0 aliphatic heterocycles. The molecule has 1 N–H and O–H groups in total. The average Bonchev–Trinajstić information content (AvgIpc) is 2.71. The lowest BCUT2D eigenvalue weighted by molar-refractivity contribution is 0.0602. The van der Waals surface area contributed by atoms with E-state index < -0.39 is 17.4 Å². The van der Waals surface area contributed by atoms with Crippen molar-refractivity contribution in [2.24, 2.45) is 0 Å². The van der Waals surface area contributed by atoms with Crippen LogP contribution in [0.4, 0.5) is 5.69 Å². The van der Waals surface area contributed by atoms with Crippen LogP contribution >= 0.6 is 23.2 Å². The number of halogens is 2. The molecule has 1 aromatic heterocycles. The topological polar surface area (TPSA) is 77.4 Å². The summed E-state index contributed by atoms with van der Waals surface area (Å²) in [6.45, 7) is 0.175. The van der Waals surface area contributed by atoms with Gasteiger partial charge in [0.25, 0.3) is 11.5 Å². The molecule has 0 unspecified atom stereocenters. The number of para-hydroxylation sites is 1. The molecule has 3 aromatic rings. The quantitative estimate of drug-likeness (QED) is 0.613. The molecule has 0 saturated carbocycles. The summed E-state index contributed by atoms with van der Waals surface area (Å²) in [6.07, 6.45) is 1.56. The van der Waals surface area contributed by atoms with Gasteiger partial charge >= 0.3 is 5.97 Å². The number of anilines is 1. The molecule has 148 valence electrons. The summed E-state index contributed by atoms with van der Waals surface area (Å²) in [5.74, 6) is -1.23. The zero-order chi connectivity index (χ0) is 21.0. The van der Waals surface area contributed by atoms with Gasteiger partial charge in [0.1, 0.15) is 5.56 Å². The number of hydrogen-bond acceptors (Lipinski definition) is 4. The van der Waals surface area contributed by atoms with Crippen LogP contribution in [0.3, 0.4) is 0 Å². The fourth-order valence-electron chi connectivity index (χ4n) is 2.74. The number of methoxy groups -OCH3 is 1. The van der Waals surface area contributed by atoms with Crippen LogP contribution < -0.4 is 10.9 Å². The monoisotopic (exact) mass is 430 g/mol. The van der Waals surface area contributed by atoms with E-state index in [2.05, 4.69) is 5.32 Å². The zero-order valence-electron chi connectivity index (χ0n) is 15.3. The highest BCUT2D eigenvalue weighted by Gasteiger charge is 2.17. The molecule has 0 radical (unpaired) electrons. The van der Waals surface area contributed by atoms with Crippen molar-refractivity contribution in [3.63, 3.8) is 0 Å². The van der Waals surface area contributed by atoms with Gasteiger partial charge in [0.05, 0.1) is 24.9 Å². The van der Waals surface area contributed by atoms with Crippen LogP contribution in [-0.2, 0) is 11.3 Å². The standard InChI is InChI=1S/C21H16Cl2N2O4/c1-29-21(28)15-5-2-3-7-18(15)24-19(26)16-6-4-10-25(20(16)27)12-13-8-9-14(22)11-17(13)23/h2-11H,12H2,1H3,(H,24,26). The molecule has 0 spiro atoms. The molecule has 0 fully saturated rings. The summed E-state index contributed by atoms with van der Waals surface area (Å²) in [4.78, 5) is 37.4. The van der Waals surface area contributed by atoms with Gasteiger partial charge in [-0.3, -0.25) is 9.59 Å². The second-order valence-corrected chi connectivity index (χ2v) is 6.93. The van der Waals surface area contributed by atoms with E-state index in [0.717, 1.165) is 0 Å². The molecule has 0 bridgehead atoms. The molecule has 0 aliphatic carbocycles. The van der Waals surface area contributed by atoms with Gasteiger partial charge < -0.3 is 14.6 Å². The summed E-state index contributed by atoms with van der Waals surface area (Å²) < 4.78 is 6.09. The Morgan fingerprint density at radius 3 is 2.48 bits per heavy atom. The largest absolute Gasteiger partial charge is 0.465 e. The highest BCUT2D eigenvalue weighted by Crippen LogP contribution is 2.21. The molecule has 0 aliphatic rings. The Morgan fingerprint density at radius 2 is 1.76 bits per heavy atom.